The number of aromatic nitrogens is 4. The summed E-state index contributed by atoms with van der Waals surface area (Å²) in [6, 6.07) is 5.01. The third-order valence-electron chi connectivity index (χ3n) is 2.40. The van der Waals surface area contributed by atoms with Gasteiger partial charge in [0, 0.05) is 11.9 Å². The van der Waals surface area contributed by atoms with Crippen molar-refractivity contribution in [2.45, 2.75) is 6.92 Å². The number of nitrogens with one attached hydrogen (secondary N) is 1. The van der Waals surface area contributed by atoms with E-state index >= 15 is 0 Å². The fourth-order valence-electron chi connectivity index (χ4n) is 1.53. The van der Waals surface area contributed by atoms with Gasteiger partial charge in [0.15, 0.2) is 5.76 Å². The van der Waals surface area contributed by atoms with Gasteiger partial charge in [-0.15, -0.1) is 5.10 Å². The highest BCUT2D eigenvalue weighted by Gasteiger charge is 2.12. The molecule has 3 rings (SSSR count). The van der Waals surface area contributed by atoms with E-state index in [1.807, 2.05) is 6.92 Å². The van der Waals surface area contributed by atoms with Crippen molar-refractivity contribution in [3.63, 3.8) is 0 Å². The van der Waals surface area contributed by atoms with Gasteiger partial charge < -0.3 is 4.42 Å². The normalized spacial score (nSPS) is 10.7. The van der Waals surface area contributed by atoms with Gasteiger partial charge in [0.2, 0.25) is 0 Å². The summed E-state index contributed by atoms with van der Waals surface area (Å²) in [6.07, 6.45) is 3.06. The lowest BCUT2D eigenvalue weighted by Crippen LogP contribution is -2.12. The first-order chi connectivity index (χ1) is 8.74. The Bertz CT molecular complexity index is 701. The van der Waals surface area contributed by atoms with Crippen LogP contribution in [0, 0.1) is 6.92 Å². The van der Waals surface area contributed by atoms with E-state index in [1.54, 1.807) is 28.9 Å². The van der Waals surface area contributed by atoms with E-state index in [9.17, 15) is 4.79 Å². The average molecular weight is 243 g/mol. The standard InChI is InChI=1S/C11H9N5O2/c1-7-4-5-12-11-14-10(15-16(7)11)13-9(17)8-3-2-6-18-8/h2-6H,1H3,(H,13,15,17). The molecule has 0 saturated carbocycles. The van der Waals surface area contributed by atoms with Gasteiger partial charge in [-0.2, -0.15) is 9.50 Å². The maximum absolute atomic E-state index is 11.7. The Labute approximate surface area is 101 Å². The van der Waals surface area contributed by atoms with E-state index in [4.69, 9.17) is 4.42 Å². The fraction of sp³-hybridized carbons (Fsp3) is 0.0909. The number of amides is 1. The second-order valence-electron chi connectivity index (χ2n) is 3.66. The first-order valence-electron chi connectivity index (χ1n) is 5.27. The van der Waals surface area contributed by atoms with E-state index < -0.39 is 5.91 Å². The van der Waals surface area contributed by atoms with Crippen LogP contribution in [0.15, 0.2) is 35.1 Å². The zero-order valence-corrected chi connectivity index (χ0v) is 9.49. The summed E-state index contributed by atoms with van der Waals surface area (Å²) < 4.78 is 6.53. The van der Waals surface area contributed by atoms with E-state index in [1.165, 1.54) is 6.26 Å². The van der Waals surface area contributed by atoms with Crippen LogP contribution in [0.3, 0.4) is 0 Å². The van der Waals surface area contributed by atoms with Crippen molar-refractivity contribution >= 4 is 17.6 Å². The molecule has 0 spiro atoms. The Morgan fingerprint density at radius 1 is 1.44 bits per heavy atom. The topological polar surface area (TPSA) is 85.3 Å². The van der Waals surface area contributed by atoms with Crippen molar-refractivity contribution in [2.24, 2.45) is 0 Å². The predicted octanol–water partition coefficient (Wildman–Crippen LogP) is 1.28. The van der Waals surface area contributed by atoms with Crippen molar-refractivity contribution in [1.82, 2.24) is 19.6 Å². The SMILES string of the molecule is Cc1ccnc2nc(NC(=O)c3ccco3)nn12. The quantitative estimate of drug-likeness (QED) is 0.732. The van der Waals surface area contributed by atoms with Gasteiger partial charge in [0.05, 0.1) is 6.26 Å². The predicted molar refractivity (Wildman–Crippen MR) is 62.2 cm³/mol. The number of anilines is 1. The van der Waals surface area contributed by atoms with Crippen LogP contribution in [-0.2, 0) is 0 Å². The van der Waals surface area contributed by atoms with E-state index in [-0.39, 0.29) is 11.7 Å². The Morgan fingerprint density at radius 3 is 3.06 bits per heavy atom. The smallest absolute Gasteiger partial charge is 0.293 e. The molecule has 3 aromatic heterocycles. The molecule has 0 bridgehead atoms. The van der Waals surface area contributed by atoms with E-state index in [0.717, 1.165) is 5.69 Å². The van der Waals surface area contributed by atoms with E-state index in [0.29, 0.717) is 5.78 Å². The lowest BCUT2D eigenvalue weighted by molar-refractivity contribution is 0.0996. The van der Waals surface area contributed by atoms with Gasteiger partial charge in [-0.25, -0.2) is 4.98 Å². The highest BCUT2D eigenvalue weighted by molar-refractivity contribution is 6.01. The van der Waals surface area contributed by atoms with Gasteiger partial charge in [-0.05, 0) is 25.1 Å². The van der Waals surface area contributed by atoms with Crippen LogP contribution in [0.4, 0.5) is 5.95 Å². The molecule has 90 valence electrons. The molecule has 1 amide bonds. The van der Waals surface area contributed by atoms with Gasteiger partial charge in [0.1, 0.15) is 0 Å². The zero-order valence-electron chi connectivity index (χ0n) is 9.49. The number of furan rings is 1. The number of aryl methyl sites for hydroxylation is 1. The molecule has 0 fully saturated rings. The molecule has 3 heterocycles. The lowest BCUT2D eigenvalue weighted by atomic mass is 10.4. The first kappa shape index (κ1) is 10.5. The number of hydrogen-bond donors (Lipinski definition) is 1. The second-order valence-corrected chi connectivity index (χ2v) is 3.66. The molecule has 0 saturated heterocycles. The first-order valence-corrected chi connectivity index (χ1v) is 5.27. The number of rotatable bonds is 2. The van der Waals surface area contributed by atoms with Crippen molar-refractivity contribution in [3.8, 4) is 0 Å². The molecule has 18 heavy (non-hydrogen) atoms. The zero-order chi connectivity index (χ0) is 12.5. The van der Waals surface area contributed by atoms with Gasteiger partial charge in [-0.1, -0.05) is 0 Å². The highest BCUT2D eigenvalue weighted by atomic mass is 16.3. The number of nitrogens with zero attached hydrogens (tertiary/aromatic N) is 4. The summed E-state index contributed by atoms with van der Waals surface area (Å²) in [6.45, 7) is 1.88. The van der Waals surface area contributed by atoms with E-state index in [2.05, 4.69) is 20.4 Å². The number of carbonyl (C=O) groups is 1. The summed E-state index contributed by atoms with van der Waals surface area (Å²) in [5.41, 5.74) is 0.881. The van der Waals surface area contributed by atoms with Crippen LogP contribution in [0.5, 0.6) is 0 Å². The molecule has 0 aliphatic rings. The maximum atomic E-state index is 11.7. The molecule has 3 aromatic rings. The van der Waals surface area contributed by atoms with Crippen LogP contribution in [0.25, 0.3) is 5.78 Å². The molecule has 1 N–H and O–H groups in total. The molecule has 0 aromatic carbocycles. The Hall–Kier alpha value is -2.70. The minimum absolute atomic E-state index is 0.193. The Kier molecular flexibility index (Phi) is 2.30. The lowest BCUT2D eigenvalue weighted by Gasteiger charge is -1.95. The Balaban J connectivity index is 1.92. The maximum Gasteiger partial charge on any atom is 0.293 e. The van der Waals surface area contributed by atoms with Gasteiger partial charge in [-0.3, -0.25) is 10.1 Å². The minimum Gasteiger partial charge on any atom is -0.459 e. The molecule has 0 aliphatic carbocycles. The summed E-state index contributed by atoms with van der Waals surface area (Å²) in [5, 5.41) is 6.68. The summed E-state index contributed by atoms with van der Waals surface area (Å²) in [5.74, 6) is 0.440. The van der Waals surface area contributed by atoms with Crippen LogP contribution < -0.4 is 5.32 Å². The molecule has 0 unspecified atom stereocenters. The molecular formula is C11H9N5O2. The average Bonchev–Trinajstić information content (AvgIpc) is 2.97. The van der Waals surface area contributed by atoms with Crippen LogP contribution in [0.1, 0.15) is 16.2 Å². The molecule has 0 radical (unpaired) electrons. The Morgan fingerprint density at radius 2 is 2.33 bits per heavy atom. The largest absolute Gasteiger partial charge is 0.459 e. The third-order valence-corrected chi connectivity index (χ3v) is 2.40. The van der Waals surface area contributed by atoms with Crippen LogP contribution in [0.2, 0.25) is 0 Å². The molecule has 7 heteroatoms. The highest BCUT2D eigenvalue weighted by Crippen LogP contribution is 2.08. The van der Waals surface area contributed by atoms with Crippen molar-refractivity contribution in [2.75, 3.05) is 5.32 Å². The molecule has 0 atom stereocenters. The second kappa shape index (κ2) is 3.95. The molecule has 7 nitrogen and oxygen atoms in total. The number of hydrogen-bond acceptors (Lipinski definition) is 5. The van der Waals surface area contributed by atoms with Crippen molar-refractivity contribution in [3.05, 3.63) is 42.1 Å². The van der Waals surface area contributed by atoms with Gasteiger partial charge in [0.25, 0.3) is 17.6 Å². The number of fused-ring (bicyclic) bond motifs is 1. The monoisotopic (exact) mass is 243 g/mol. The summed E-state index contributed by atoms with van der Waals surface area (Å²) in [4.78, 5) is 19.9. The van der Waals surface area contributed by atoms with Crippen molar-refractivity contribution in [1.29, 1.82) is 0 Å². The summed E-state index contributed by atoms with van der Waals surface area (Å²) >= 11 is 0. The minimum atomic E-state index is -0.395. The molecular weight excluding hydrogens is 234 g/mol. The van der Waals surface area contributed by atoms with Crippen LogP contribution >= 0.6 is 0 Å². The van der Waals surface area contributed by atoms with Crippen molar-refractivity contribution < 1.29 is 9.21 Å². The third kappa shape index (κ3) is 1.71. The fourth-order valence-corrected chi connectivity index (χ4v) is 1.53. The van der Waals surface area contributed by atoms with Crippen LogP contribution in [-0.4, -0.2) is 25.5 Å². The molecule has 0 aliphatic heterocycles. The summed E-state index contributed by atoms with van der Waals surface area (Å²) in [7, 11) is 0. The van der Waals surface area contributed by atoms with Gasteiger partial charge >= 0.3 is 0 Å². The number of carbonyl (C=O) groups excluding carboxylic acids is 1.